The van der Waals surface area contributed by atoms with E-state index in [-0.39, 0.29) is 11.6 Å². The van der Waals surface area contributed by atoms with E-state index in [2.05, 4.69) is 20.5 Å². The summed E-state index contributed by atoms with van der Waals surface area (Å²) in [6.45, 7) is 3.95. The zero-order chi connectivity index (χ0) is 18.1. The molecule has 7 nitrogen and oxygen atoms in total. The molecule has 0 spiro atoms. The van der Waals surface area contributed by atoms with E-state index >= 15 is 0 Å². The third kappa shape index (κ3) is 3.41. The Bertz CT molecular complexity index is 937. The average Bonchev–Trinajstić information content (AvgIpc) is 3.25. The highest BCUT2D eigenvalue weighted by atomic mass is 32.1. The van der Waals surface area contributed by atoms with Crippen molar-refractivity contribution in [2.24, 2.45) is 0 Å². The largest absolute Gasteiger partial charge is 0.359 e. The molecule has 26 heavy (non-hydrogen) atoms. The summed E-state index contributed by atoms with van der Waals surface area (Å²) in [6.07, 6.45) is 5.67. The van der Waals surface area contributed by atoms with E-state index in [1.165, 1.54) is 0 Å². The predicted molar refractivity (Wildman–Crippen MR) is 102 cm³/mol. The number of nitrogens with zero attached hydrogens (tertiary/aromatic N) is 5. The standard InChI is InChI=1S/C18H22N6OS/c1-12-11-13(2)23(21-12)16-7-8-17(25)24(22-16)15-5-3-14(4-6-15)20-18-19-9-10-26-18/h7-11,14-15H,3-6H2,1-2H3,(H,19,20). The molecule has 136 valence electrons. The number of aromatic nitrogens is 5. The summed E-state index contributed by atoms with van der Waals surface area (Å²) in [5, 5.41) is 15.5. The molecule has 3 aromatic heterocycles. The highest BCUT2D eigenvalue weighted by Crippen LogP contribution is 2.29. The second-order valence-electron chi connectivity index (χ2n) is 6.80. The molecular formula is C18H22N6OS. The van der Waals surface area contributed by atoms with Gasteiger partial charge >= 0.3 is 0 Å². The molecule has 1 saturated carbocycles. The topological polar surface area (TPSA) is 77.6 Å². The van der Waals surface area contributed by atoms with Gasteiger partial charge in [0.15, 0.2) is 10.9 Å². The molecule has 3 heterocycles. The van der Waals surface area contributed by atoms with Gasteiger partial charge in [-0.3, -0.25) is 4.79 Å². The van der Waals surface area contributed by atoms with Crippen LogP contribution in [0.3, 0.4) is 0 Å². The number of hydrogen-bond donors (Lipinski definition) is 1. The van der Waals surface area contributed by atoms with Crippen molar-refractivity contribution in [3.8, 4) is 5.82 Å². The fourth-order valence-electron chi connectivity index (χ4n) is 3.58. The molecule has 0 atom stereocenters. The van der Waals surface area contributed by atoms with Crippen LogP contribution < -0.4 is 10.9 Å². The van der Waals surface area contributed by atoms with Crippen LogP contribution in [0.25, 0.3) is 5.82 Å². The van der Waals surface area contributed by atoms with E-state index in [0.29, 0.717) is 11.9 Å². The molecule has 0 aliphatic heterocycles. The average molecular weight is 370 g/mol. The van der Waals surface area contributed by atoms with Gasteiger partial charge in [-0.15, -0.1) is 16.4 Å². The smallest absolute Gasteiger partial charge is 0.267 e. The van der Waals surface area contributed by atoms with E-state index in [9.17, 15) is 4.79 Å². The van der Waals surface area contributed by atoms with Gasteiger partial charge in [0, 0.05) is 29.4 Å². The predicted octanol–water partition coefficient (Wildman–Crippen LogP) is 3.10. The lowest BCUT2D eigenvalue weighted by Crippen LogP contribution is -2.33. The lowest BCUT2D eigenvalue weighted by molar-refractivity contribution is 0.302. The van der Waals surface area contributed by atoms with Gasteiger partial charge in [-0.2, -0.15) is 5.10 Å². The monoisotopic (exact) mass is 370 g/mol. The third-order valence-electron chi connectivity index (χ3n) is 4.84. The van der Waals surface area contributed by atoms with Crippen molar-refractivity contribution in [1.29, 1.82) is 0 Å². The van der Waals surface area contributed by atoms with Gasteiger partial charge in [0.25, 0.3) is 5.56 Å². The molecule has 0 unspecified atom stereocenters. The molecule has 0 saturated heterocycles. The molecule has 0 amide bonds. The number of thiazole rings is 1. The first-order chi connectivity index (χ1) is 12.6. The summed E-state index contributed by atoms with van der Waals surface area (Å²) in [5.74, 6) is 0.693. The van der Waals surface area contributed by atoms with Crippen molar-refractivity contribution in [3.05, 3.63) is 51.5 Å². The zero-order valence-corrected chi connectivity index (χ0v) is 15.7. The number of rotatable bonds is 4. The summed E-state index contributed by atoms with van der Waals surface area (Å²) in [5.41, 5.74) is 1.90. The molecule has 0 bridgehead atoms. The molecule has 0 aromatic carbocycles. The Balaban J connectivity index is 1.50. The van der Waals surface area contributed by atoms with Crippen LogP contribution in [0.5, 0.6) is 0 Å². The molecule has 1 aliphatic carbocycles. The Labute approximate surface area is 155 Å². The van der Waals surface area contributed by atoms with E-state index in [0.717, 1.165) is 42.2 Å². The molecule has 0 radical (unpaired) electrons. The first-order valence-electron chi connectivity index (χ1n) is 8.90. The van der Waals surface area contributed by atoms with Crippen LogP contribution in [0, 0.1) is 13.8 Å². The number of hydrogen-bond acceptors (Lipinski definition) is 6. The number of anilines is 1. The summed E-state index contributed by atoms with van der Waals surface area (Å²) in [7, 11) is 0. The maximum atomic E-state index is 12.4. The fraction of sp³-hybridized carbons (Fsp3) is 0.444. The van der Waals surface area contributed by atoms with Gasteiger partial charge in [-0.1, -0.05) is 0 Å². The lowest BCUT2D eigenvalue weighted by Gasteiger charge is -2.29. The Morgan fingerprint density at radius 3 is 2.62 bits per heavy atom. The van der Waals surface area contributed by atoms with Crippen LogP contribution in [0.15, 0.2) is 34.6 Å². The van der Waals surface area contributed by atoms with E-state index in [1.54, 1.807) is 32.8 Å². The van der Waals surface area contributed by atoms with Crippen LogP contribution >= 0.6 is 11.3 Å². The van der Waals surface area contributed by atoms with Gasteiger partial charge in [-0.05, 0) is 51.7 Å². The van der Waals surface area contributed by atoms with Crippen molar-refractivity contribution in [2.45, 2.75) is 51.6 Å². The first kappa shape index (κ1) is 17.0. The maximum absolute atomic E-state index is 12.4. The minimum atomic E-state index is -0.0494. The number of nitrogens with one attached hydrogen (secondary N) is 1. The van der Waals surface area contributed by atoms with Crippen molar-refractivity contribution in [1.82, 2.24) is 24.5 Å². The summed E-state index contributed by atoms with van der Waals surface area (Å²) in [4.78, 5) is 16.7. The molecule has 1 fully saturated rings. The minimum Gasteiger partial charge on any atom is -0.359 e. The second-order valence-corrected chi connectivity index (χ2v) is 7.69. The summed E-state index contributed by atoms with van der Waals surface area (Å²) >= 11 is 1.62. The van der Waals surface area contributed by atoms with Crippen molar-refractivity contribution in [3.63, 3.8) is 0 Å². The molecule has 3 aromatic rings. The van der Waals surface area contributed by atoms with E-state index < -0.39 is 0 Å². The van der Waals surface area contributed by atoms with Gasteiger partial charge in [0.05, 0.1) is 11.7 Å². The van der Waals surface area contributed by atoms with Crippen LogP contribution in [-0.2, 0) is 0 Å². The van der Waals surface area contributed by atoms with Gasteiger partial charge < -0.3 is 5.32 Å². The highest BCUT2D eigenvalue weighted by Gasteiger charge is 2.24. The SMILES string of the molecule is Cc1cc(C)n(-c2ccc(=O)n(C3CCC(Nc4nccs4)CC3)n2)n1. The Morgan fingerprint density at radius 1 is 1.15 bits per heavy atom. The third-order valence-corrected chi connectivity index (χ3v) is 5.54. The van der Waals surface area contributed by atoms with Crippen molar-refractivity contribution >= 4 is 16.5 Å². The van der Waals surface area contributed by atoms with Crippen LogP contribution in [-0.4, -0.2) is 30.6 Å². The van der Waals surface area contributed by atoms with Gasteiger partial charge in [0.1, 0.15) is 0 Å². The molecular weight excluding hydrogens is 348 g/mol. The molecule has 1 N–H and O–H groups in total. The van der Waals surface area contributed by atoms with E-state index in [1.807, 2.05) is 31.5 Å². The zero-order valence-electron chi connectivity index (χ0n) is 14.9. The Hall–Kier alpha value is -2.48. The van der Waals surface area contributed by atoms with Crippen LogP contribution in [0.1, 0.15) is 43.1 Å². The van der Waals surface area contributed by atoms with Gasteiger partial charge in [0.2, 0.25) is 0 Å². The van der Waals surface area contributed by atoms with Gasteiger partial charge in [-0.25, -0.2) is 14.3 Å². The first-order valence-corrected chi connectivity index (χ1v) is 9.77. The fourth-order valence-corrected chi connectivity index (χ4v) is 4.19. The minimum absolute atomic E-state index is 0.0494. The molecule has 8 heteroatoms. The van der Waals surface area contributed by atoms with Crippen molar-refractivity contribution in [2.75, 3.05) is 5.32 Å². The Morgan fingerprint density at radius 2 is 1.96 bits per heavy atom. The maximum Gasteiger partial charge on any atom is 0.267 e. The second kappa shape index (κ2) is 7.03. The molecule has 1 aliphatic rings. The van der Waals surface area contributed by atoms with E-state index in [4.69, 9.17) is 0 Å². The normalized spacial score (nSPS) is 20.2. The molecule has 4 rings (SSSR count). The summed E-state index contributed by atoms with van der Waals surface area (Å²) in [6, 6.07) is 5.89. The highest BCUT2D eigenvalue weighted by molar-refractivity contribution is 7.13. The van der Waals surface area contributed by atoms with Crippen LogP contribution in [0.4, 0.5) is 5.13 Å². The lowest BCUT2D eigenvalue weighted by atomic mass is 9.91. The van der Waals surface area contributed by atoms with Crippen molar-refractivity contribution < 1.29 is 0 Å². The number of aryl methyl sites for hydroxylation is 2. The van der Waals surface area contributed by atoms with Crippen LogP contribution in [0.2, 0.25) is 0 Å². The quantitative estimate of drug-likeness (QED) is 0.763. The summed E-state index contributed by atoms with van der Waals surface area (Å²) < 4.78 is 3.44. The Kier molecular flexibility index (Phi) is 4.58.